The van der Waals surface area contributed by atoms with E-state index in [9.17, 15) is 9.36 Å². The van der Waals surface area contributed by atoms with Crippen LogP contribution in [0.5, 0.6) is 11.5 Å². The predicted octanol–water partition coefficient (Wildman–Crippen LogP) is 7.46. The van der Waals surface area contributed by atoms with E-state index < -0.39 is 7.60 Å². The maximum Gasteiger partial charge on any atom is 0.354 e. The van der Waals surface area contributed by atoms with Crippen LogP contribution in [0, 0.1) is 6.92 Å². The van der Waals surface area contributed by atoms with Crippen molar-refractivity contribution in [1.82, 2.24) is 14.8 Å². The monoisotopic (exact) mass is 660 g/mol. The number of anilines is 1. The number of rotatable bonds is 15. The van der Waals surface area contributed by atoms with Gasteiger partial charge >= 0.3 is 7.60 Å². The number of para-hydroxylation sites is 1. The molecule has 0 aliphatic rings. The predicted molar refractivity (Wildman–Crippen MR) is 177 cm³/mol. The van der Waals surface area contributed by atoms with Crippen molar-refractivity contribution < 1.29 is 36.7 Å². The molecule has 1 amide bonds. The molecule has 246 valence electrons. The molecule has 0 atom stereocenters. The summed E-state index contributed by atoms with van der Waals surface area (Å²) in [7, 11) is -0.306. The normalized spacial score (nSPS) is 11.7. The van der Waals surface area contributed by atoms with Crippen LogP contribution in [0.15, 0.2) is 87.8 Å². The molecule has 0 bridgehead atoms. The lowest BCUT2D eigenvalue weighted by atomic mass is 10.1. The summed E-state index contributed by atoms with van der Waals surface area (Å²) in [4.78, 5) is 19.5. The number of aromatic nitrogens is 3. The quantitative estimate of drug-likeness (QED) is 0.104. The van der Waals surface area contributed by atoms with Crippen molar-refractivity contribution in [3.63, 3.8) is 0 Å². The summed E-state index contributed by atoms with van der Waals surface area (Å²) in [6.45, 7) is 5.88. The van der Waals surface area contributed by atoms with E-state index in [0.29, 0.717) is 51.5 Å². The molecule has 0 N–H and O–H groups in total. The number of amides is 1. The summed E-state index contributed by atoms with van der Waals surface area (Å²) in [6, 6.07) is 18.3. The molecule has 0 fully saturated rings. The summed E-state index contributed by atoms with van der Waals surface area (Å²) in [5.41, 5.74) is 2.69. The smallest absolute Gasteiger partial charge is 0.354 e. The first-order chi connectivity index (χ1) is 22.7. The lowest BCUT2D eigenvalue weighted by Crippen LogP contribution is -2.29. The molecular weight excluding hydrogens is 623 g/mol. The lowest BCUT2D eigenvalue weighted by molar-refractivity contribution is -0.117. The number of likely N-dealkylation sites (N-methyl/N-ethyl adjacent to an activating group) is 1. The zero-order chi connectivity index (χ0) is 33.4. The first kappa shape index (κ1) is 33.5. The van der Waals surface area contributed by atoms with Gasteiger partial charge in [-0.1, -0.05) is 24.3 Å². The summed E-state index contributed by atoms with van der Waals surface area (Å²) in [5, 5.41) is 4.70. The Morgan fingerprint density at radius 2 is 1.81 bits per heavy atom. The number of nitrogens with zero attached hydrogens (tertiary/aromatic N) is 4. The van der Waals surface area contributed by atoms with E-state index >= 15 is 0 Å². The van der Waals surface area contributed by atoms with Crippen LogP contribution in [0.3, 0.4) is 0 Å². The second kappa shape index (κ2) is 15.1. The molecule has 0 aliphatic heterocycles. The Balaban J connectivity index is 1.33. The SMILES string of the molecule is CCOP(=O)(C=Cc1cn(-c2ccccc2)nc1N(C)C(=O)Cc1ccc(OCc2nc(-c3ccco3)oc2C)c(OC)c1)OCC. The maximum atomic E-state index is 13.6. The second-order valence-electron chi connectivity index (χ2n) is 10.3. The number of aryl methyl sites for hydroxylation is 1. The Bertz CT molecular complexity index is 1850. The molecule has 0 spiro atoms. The number of furan rings is 1. The van der Waals surface area contributed by atoms with Crippen LogP contribution in [0.2, 0.25) is 0 Å². The van der Waals surface area contributed by atoms with Gasteiger partial charge in [0.1, 0.15) is 18.1 Å². The van der Waals surface area contributed by atoms with Gasteiger partial charge in [-0.15, -0.1) is 5.10 Å². The number of hydrogen-bond donors (Lipinski definition) is 0. The molecule has 47 heavy (non-hydrogen) atoms. The minimum atomic E-state index is -3.49. The minimum Gasteiger partial charge on any atom is -0.493 e. The van der Waals surface area contributed by atoms with Gasteiger partial charge in [-0.25, -0.2) is 9.67 Å². The molecule has 0 saturated heterocycles. The van der Waals surface area contributed by atoms with Crippen molar-refractivity contribution >= 4 is 25.4 Å². The maximum absolute atomic E-state index is 13.6. The van der Waals surface area contributed by atoms with Gasteiger partial charge < -0.3 is 27.4 Å². The first-order valence-electron chi connectivity index (χ1n) is 15.0. The highest BCUT2D eigenvalue weighted by Crippen LogP contribution is 2.50. The van der Waals surface area contributed by atoms with Crippen LogP contribution in [0.4, 0.5) is 5.82 Å². The van der Waals surface area contributed by atoms with Crippen molar-refractivity contribution in [2.24, 2.45) is 0 Å². The Morgan fingerprint density at radius 3 is 2.49 bits per heavy atom. The van der Waals surface area contributed by atoms with Crippen LogP contribution < -0.4 is 14.4 Å². The number of ether oxygens (including phenoxy) is 2. The van der Waals surface area contributed by atoms with Crippen molar-refractivity contribution in [3.8, 4) is 28.8 Å². The summed E-state index contributed by atoms with van der Waals surface area (Å²) >= 11 is 0. The Labute approximate surface area is 273 Å². The van der Waals surface area contributed by atoms with Crippen molar-refractivity contribution in [3.05, 3.63) is 102 Å². The number of carbonyl (C=O) groups is 1. The third-order valence-corrected chi connectivity index (χ3v) is 8.81. The van der Waals surface area contributed by atoms with Gasteiger partial charge in [0.15, 0.2) is 23.1 Å². The Kier molecular flexibility index (Phi) is 10.8. The fourth-order valence-electron chi connectivity index (χ4n) is 4.69. The van der Waals surface area contributed by atoms with E-state index in [1.54, 1.807) is 81.4 Å². The Hall–Kier alpha value is -4.90. The molecule has 2 aromatic carbocycles. The zero-order valence-corrected chi connectivity index (χ0v) is 27.8. The van der Waals surface area contributed by atoms with Gasteiger partial charge in [-0.2, -0.15) is 0 Å². The van der Waals surface area contributed by atoms with Crippen LogP contribution in [0.1, 0.15) is 36.4 Å². The fourth-order valence-corrected chi connectivity index (χ4v) is 6.00. The molecule has 5 rings (SSSR count). The summed E-state index contributed by atoms with van der Waals surface area (Å²) < 4.78 is 48.3. The average Bonchev–Trinajstić information content (AvgIpc) is 3.84. The van der Waals surface area contributed by atoms with E-state index in [4.69, 9.17) is 32.5 Å². The number of benzene rings is 2. The van der Waals surface area contributed by atoms with Gasteiger partial charge in [-0.05, 0) is 68.8 Å². The zero-order valence-electron chi connectivity index (χ0n) is 26.9. The van der Waals surface area contributed by atoms with E-state index in [1.807, 2.05) is 30.3 Å². The number of hydrogen-bond acceptors (Lipinski definition) is 10. The van der Waals surface area contributed by atoms with Crippen LogP contribution in [0.25, 0.3) is 23.4 Å². The average molecular weight is 661 g/mol. The first-order valence-corrected chi connectivity index (χ1v) is 16.6. The third kappa shape index (κ3) is 8.10. The molecule has 0 saturated carbocycles. The van der Waals surface area contributed by atoms with Crippen LogP contribution >= 0.6 is 7.60 Å². The van der Waals surface area contributed by atoms with Gasteiger partial charge in [0.25, 0.3) is 5.89 Å². The number of oxazole rings is 1. The van der Waals surface area contributed by atoms with Gasteiger partial charge in [0.05, 0.1) is 38.7 Å². The van der Waals surface area contributed by atoms with E-state index in [2.05, 4.69) is 4.98 Å². The van der Waals surface area contributed by atoms with Gasteiger partial charge in [-0.3, -0.25) is 14.3 Å². The summed E-state index contributed by atoms with van der Waals surface area (Å²) in [5.74, 6) is 4.02. The third-order valence-electron chi connectivity index (χ3n) is 7.06. The highest BCUT2D eigenvalue weighted by atomic mass is 31.2. The molecule has 0 aliphatic carbocycles. The van der Waals surface area contributed by atoms with E-state index in [1.165, 1.54) is 17.8 Å². The molecule has 12 nitrogen and oxygen atoms in total. The molecule has 0 radical (unpaired) electrons. The highest BCUT2D eigenvalue weighted by Gasteiger charge is 2.23. The largest absolute Gasteiger partial charge is 0.493 e. The molecule has 0 unspecified atom stereocenters. The molecule has 3 heterocycles. The highest BCUT2D eigenvalue weighted by molar-refractivity contribution is 7.57. The van der Waals surface area contributed by atoms with Crippen LogP contribution in [-0.4, -0.2) is 48.0 Å². The lowest BCUT2D eigenvalue weighted by Gasteiger charge is -2.17. The number of methoxy groups -OCH3 is 1. The van der Waals surface area contributed by atoms with E-state index in [-0.39, 0.29) is 32.1 Å². The Morgan fingerprint density at radius 1 is 1.04 bits per heavy atom. The molecular formula is C34H37N4O8P. The second-order valence-corrected chi connectivity index (χ2v) is 12.2. The van der Waals surface area contributed by atoms with Crippen LogP contribution in [-0.2, 0) is 31.4 Å². The summed E-state index contributed by atoms with van der Waals surface area (Å²) in [6.07, 6.45) is 4.98. The number of carbonyl (C=O) groups excluding carboxylic acids is 1. The van der Waals surface area contributed by atoms with Crippen molar-refractivity contribution in [1.29, 1.82) is 0 Å². The molecule has 3 aromatic heterocycles. The molecule has 5 aromatic rings. The van der Waals surface area contributed by atoms with Crippen molar-refractivity contribution in [2.45, 2.75) is 33.8 Å². The van der Waals surface area contributed by atoms with Crippen molar-refractivity contribution in [2.75, 3.05) is 32.3 Å². The fraction of sp³-hybridized carbons (Fsp3) is 0.265. The van der Waals surface area contributed by atoms with Gasteiger partial charge in [0, 0.05) is 24.6 Å². The standard InChI is InChI=1S/C34H37N4O8P/c1-6-44-47(40,45-7-2)19-17-26-22-38(27-12-9-8-10-13-27)36-33(26)37(4)32(39)21-25-15-16-29(31(20-25)41-5)43-23-28-24(3)46-34(35-28)30-14-11-18-42-30/h8-20,22H,6-7,21,23H2,1-5H3. The minimum absolute atomic E-state index is 0.0553. The van der Waals surface area contributed by atoms with E-state index in [0.717, 1.165) is 5.69 Å². The van der Waals surface area contributed by atoms with Gasteiger partial charge in [0.2, 0.25) is 5.91 Å². The topological polar surface area (TPSA) is 131 Å². The molecule has 13 heteroatoms.